The summed E-state index contributed by atoms with van der Waals surface area (Å²) < 4.78 is 23.4. The molecule has 0 spiro atoms. The predicted octanol–water partition coefficient (Wildman–Crippen LogP) is 0.819. The van der Waals surface area contributed by atoms with Gasteiger partial charge in [-0.2, -0.15) is 5.26 Å². The van der Waals surface area contributed by atoms with Crippen LogP contribution in [0.2, 0.25) is 0 Å². The fourth-order valence-electron chi connectivity index (χ4n) is 1.54. The van der Waals surface area contributed by atoms with Gasteiger partial charge in [-0.1, -0.05) is 29.5 Å². The monoisotopic (exact) mass is 262 g/mol. The van der Waals surface area contributed by atoms with E-state index in [1.807, 2.05) is 6.07 Å². The van der Waals surface area contributed by atoms with E-state index in [4.69, 9.17) is 5.26 Å². The Bertz CT molecular complexity index is 713. The van der Waals surface area contributed by atoms with Crippen molar-refractivity contribution in [2.75, 3.05) is 6.26 Å². The summed E-state index contributed by atoms with van der Waals surface area (Å²) in [5, 5.41) is 16.1. The minimum atomic E-state index is -3.44. The van der Waals surface area contributed by atoms with Gasteiger partial charge in [0.2, 0.25) is 0 Å². The summed E-state index contributed by atoms with van der Waals surface area (Å²) in [5.74, 6) is 0. The molecule has 2 aromatic rings. The highest BCUT2D eigenvalue weighted by molar-refractivity contribution is 7.89. The molecular formula is C11H10N4O2S. The summed E-state index contributed by atoms with van der Waals surface area (Å²) in [5.41, 5.74) is 1.95. The van der Waals surface area contributed by atoms with E-state index >= 15 is 0 Å². The first-order chi connectivity index (χ1) is 8.52. The Kier molecular flexibility index (Phi) is 3.12. The normalized spacial score (nSPS) is 11.1. The lowest BCUT2D eigenvalue weighted by molar-refractivity contribution is 0.583. The average Bonchev–Trinajstić information content (AvgIpc) is 2.79. The Morgan fingerprint density at radius 1 is 1.39 bits per heavy atom. The lowest BCUT2D eigenvalue weighted by Crippen LogP contribution is -2.10. The molecular weight excluding hydrogens is 252 g/mol. The third-order valence-electron chi connectivity index (χ3n) is 2.38. The molecule has 1 aromatic heterocycles. The molecule has 0 aliphatic carbocycles. The topological polar surface area (TPSA) is 88.6 Å². The zero-order valence-corrected chi connectivity index (χ0v) is 10.4. The molecule has 0 fully saturated rings. The highest BCUT2D eigenvalue weighted by Crippen LogP contribution is 2.21. The van der Waals surface area contributed by atoms with Crippen molar-refractivity contribution < 1.29 is 8.42 Å². The Morgan fingerprint density at radius 3 is 2.72 bits per heavy atom. The number of benzene rings is 1. The average molecular weight is 262 g/mol. The quantitative estimate of drug-likeness (QED) is 0.817. The molecule has 6 nitrogen and oxygen atoms in total. The number of hydrogen-bond donors (Lipinski definition) is 0. The molecule has 2 rings (SSSR count). The lowest BCUT2D eigenvalue weighted by Gasteiger charge is -2.01. The van der Waals surface area contributed by atoms with Crippen LogP contribution in [0.25, 0.3) is 11.3 Å². The maximum atomic E-state index is 11.3. The second kappa shape index (κ2) is 4.58. The van der Waals surface area contributed by atoms with Crippen LogP contribution >= 0.6 is 0 Å². The molecule has 0 atom stereocenters. The Morgan fingerprint density at radius 2 is 2.11 bits per heavy atom. The van der Waals surface area contributed by atoms with Gasteiger partial charge in [0.15, 0.2) is 0 Å². The molecule has 0 aliphatic rings. The van der Waals surface area contributed by atoms with Gasteiger partial charge in [-0.25, -0.2) is 8.42 Å². The second-order valence-electron chi connectivity index (χ2n) is 3.73. The van der Waals surface area contributed by atoms with Crippen molar-refractivity contribution in [3.63, 3.8) is 0 Å². The summed E-state index contributed by atoms with van der Waals surface area (Å²) in [6, 6.07) is 9.26. The van der Waals surface area contributed by atoms with Crippen LogP contribution in [-0.4, -0.2) is 29.1 Å². The van der Waals surface area contributed by atoms with Crippen molar-refractivity contribution in [1.29, 1.82) is 5.26 Å². The predicted molar refractivity (Wildman–Crippen MR) is 65.0 cm³/mol. The molecule has 0 saturated carbocycles. The zero-order valence-electron chi connectivity index (χ0n) is 9.61. The van der Waals surface area contributed by atoms with E-state index in [2.05, 4.69) is 16.4 Å². The van der Waals surface area contributed by atoms with Crippen molar-refractivity contribution in [3.8, 4) is 17.3 Å². The third-order valence-corrected chi connectivity index (χ3v) is 3.23. The number of nitrogens with zero attached hydrogens (tertiary/aromatic N) is 4. The maximum absolute atomic E-state index is 11.3. The number of nitriles is 1. The summed E-state index contributed by atoms with van der Waals surface area (Å²) in [7, 11) is -3.44. The van der Waals surface area contributed by atoms with Gasteiger partial charge in [0.1, 0.15) is 5.69 Å². The van der Waals surface area contributed by atoms with Crippen LogP contribution in [0.5, 0.6) is 0 Å². The van der Waals surface area contributed by atoms with E-state index in [0.717, 1.165) is 15.9 Å². The molecule has 0 aliphatic heterocycles. The summed E-state index contributed by atoms with van der Waals surface area (Å²) >= 11 is 0. The smallest absolute Gasteiger partial charge is 0.205 e. The number of rotatable bonds is 3. The highest BCUT2D eigenvalue weighted by atomic mass is 32.2. The van der Waals surface area contributed by atoms with Crippen LogP contribution in [0, 0.1) is 11.3 Å². The van der Waals surface area contributed by atoms with E-state index in [1.165, 1.54) is 6.20 Å². The summed E-state index contributed by atoms with van der Waals surface area (Å²) in [4.78, 5) is 0. The fourth-order valence-corrected chi connectivity index (χ4v) is 2.00. The van der Waals surface area contributed by atoms with Gasteiger partial charge in [-0.15, -0.1) is 9.19 Å². The SMILES string of the molecule is CS(=O)(=O)n1cc(-c2ccccc2CC#N)nn1. The van der Waals surface area contributed by atoms with E-state index in [-0.39, 0.29) is 6.42 Å². The van der Waals surface area contributed by atoms with Gasteiger partial charge >= 0.3 is 0 Å². The van der Waals surface area contributed by atoms with Gasteiger partial charge < -0.3 is 0 Å². The van der Waals surface area contributed by atoms with E-state index < -0.39 is 10.0 Å². The van der Waals surface area contributed by atoms with Crippen LogP contribution in [0.3, 0.4) is 0 Å². The molecule has 0 saturated heterocycles. The first kappa shape index (κ1) is 12.3. The first-order valence-corrected chi connectivity index (χ1v) is 6.95. The molecule has 18 heavy (non-hydrogen) atoms. The minimum Gasteiger partial charge on any atom is -0.205 e. The van der Waals surface area contributed by atoms with Gasteiger partial charge in [0.25, 0.3) is 10.0 Å². The first-order valence-electron chi connectivity index (χ1n) is 5.10. The van der Waals surface area contributed by atoms with Crippen molar-refractivity contribution in [2.24, 2.45) is 0 Å². The molecule has 7 heteroatoms. The summed E-state index contributed by atoms with van der Waals surface area (Å²) in [6.07, 6.45) is 2.63. The largest absolute Gasteiger partial charge is 0.252 e. The number of hydrogen-bond acceptors (Lipinski definition) is 5. The Hall–Kier alpha value is -2.20. The minimum absolute atomic E-state index is 0.238. The standard InChI is InChI=1S/C11H10N4O2S/c1-18(16,17)15-8-11(13-14-15)10-5-3-2-4-9(10)6-7-12/h2-5,8H,6H2,1H3. The lowest BCUT2D eigenvalue weighted by atomic mass is 10.0. The van der Waals surface area contributed by atoms with E-state index in [9.17, 15) is 8.42 Å². The number of aromatic nitrogens is 3. The van der Waals surface area contributed by atoms with Crippen molar-refractivity contribution >= 4 is 10.0 Å². The molecule has 0 radical (unpaired) electrons. The molecule has 92 valence electrons. The van der Waals surface area contributed by atoms with Gasteiger partial charge in [0, 0.05) is 5.56 Å². The Labute approximate surface area is 105 Å². The van der Waals surface area contributed by atoms with Crippen molar-refractivity contribution in [2.45, 2.75) is 6.42 Å². The molecule has 0 bridgehead atoms. The summed E-state index contributed by atoms with van der Waals surface area (Å²) in [6.45, 7) is 0. The zero-order chi connectivity index (χ0) is 13.2. The second-order valence-corrected chi connectivity index (χ2v) is 5.57. The maximum Gasteiger partial charge on any atom is 0.252 e. The van der Waals surface area contributed by atoms with Crippen LogP contribution in [0.4, 0.5) is 0 Å². The molecule has 0 unspecified atom stereocenters. The molecule has 1 aromatic carbocycles. The van der Waals surface area contributed by atoms with E-state index in [1.54, 1.807) is 18.2 Å². The Balaban J connectivity index is 2.50. The fraction of sp³-hybridized carbons (Fsp3) is 0.182. The van der Waals surface area contributed by atoms with Gasteiger partial charge in [0.05, 0.1) is 24.9 Å². The van der Waals surface area contributed by atoms with Gasteiger partial charge in [-0.3, -0.25) is 0 Å². The molecule has 0 N–H and O–H groups in total. The van der Waals surface area contributed by atoms with Crippen LogP contribution in [-0.2, 0) is 16.4 Å². The van der Waals surface area contributed by atoms with E-state index in [0.29, 0.717) is 11.3 Å². The highest BCUT2D eigenvalue weighted by Gasteiger charge is 2.12. The molecule has 0 amide bonds. The van der Waals surface area contributed by atoms with Gasteiger partial charge in [-0.05, 0) is 5.56 Å². The molecule has 1 heterocycles. The third kappa shape index (κ3) is 2.38. The van der Waals surface area contributed by atoms with Crippen molar-refractivity contribution in [1.82, 2.24) is 14.4 Å². The van der Waals surface area contributed by atoms with Crippen LogP contribution < -0.4 is 0 Å². The van der Waals surface area contributed by atoms with Crippen LogP contribution in [0.15, 0.2) is 30.5 Å². The van der Waals surface area contributed by atoms with Crippen LogP contribution in [0.1, 0.15) is 5.56 Å². The van der Waals surface area contributed by atoms with Crippen molar-refractivity contribution in [3.05, 3.63) is 36.0 Å².